The molecule has 0 spiro atoms. The number of phenols is 1. The van der Waals surface area contributed by atoms with Crippen LogP contribution in [0, 0.1) is 0 Å². The third kappa shape index (κ3) is 3.30. The number of nitrogens with zero attached hydrogens (tertiary/aromatic N) is 2. The molecule has 8 nitrogen and oxygen atoms in total. The molecule has 2 rings (SSSR count). The summed E-state index contributed by atoms with van der Waals surface area (Å²) in [6, 6.07) is 5.28. The number of anilines is 1. The number of amides is 2. The van der Waals surface area contributed by atoms with E-state index < -0.39 is 17.7 Å². The zero-order chi connectivity index (χ0) is 15.4. The third-order valence-electron chi connectivity index (χ3n) is 2.87. The number of carbonyl (C=O) groups is 2. The first-order valence-electron chi connectivity index (χ1n) is 6.06. The van der Waals surface area contributed by atoms with Crippen LogP contribution in [0.3, 0.4) is 0 Å². The smallest absolute Gasteiger partial charge is 0.339 e. The molecule has 0 radical (unpaired) electrons. The van der Waals surface area contributed by atoms with Crippen LogP contribution in [0.4, 0.5) is 10.5 Å². The standard InChI is InChI=1S/C13H14N4O4/c1-17-8(5-6-15-17)7-14-13(21)16-10-4-2-3-9(11(10)18)12(19)20/h2-6,18H,7H2,1H3,(H,19,20)(H2,14,16,21). The number of carboxylic acids is 1. The highest BCUT2D eigenvalue weighted by atomic mass is 16.4. The number of nitrogens with one attached hydrogen (secondary N) is 2. The first kappa shape index (κ1) is 14.4. The van der Waals surface area contributed by atoms with Crippen LogP contribution in [0.1, 0.15) is 16.1 Å². The van der Waals surface area contributed by atoms with E-state index in [9.17, 15) is 14.7 Å². The average Bonchev–Trinajstić information content (AvgIpc) is 2.84. The number of aryl methyl sites for hydroxylation is 1. The molecule has 1 heterocycles. The molecule has 4 N–H and O–H groups in total. The van der Waals surface area contributed by atoms with E-state index in [1.54, 1.807) is 24.0 Å². The van der Waals surface area contributed by atoms with Gasteiger partial charge in [0.2, 0.25) is 0 Å². The van der Waals surface area contributed by atoms with Gasteiger partial charge in [0.05, 0.1) is 17.9 Å². The summed E-state index contributed by atoms with van der Waals surface area (Å²) < 4.78 is 1.61. The first-order chi connectivity index (χ1) is 9.99. The Morgan fingerprint density at radius 1 is 1.33 bits per heavy atom. The van der Waals surface area contributed by atoms with Gasteiger partial charge in [0.25, 0.3) is 0 Å². The normalized spacial score (nSPS) is 10.1. The molecule has 0 saturated heterocycles. The molecule has 0 aliphatic rings. The summed E-state index contributed by atoms with van der Waals surface area (Å²) in [6.07, 6.45) is 1.61. The van der Waals surface area contributed by atoms with Crippen molar-refractivity contribution in [2.45, 2.75) is 6.54 Å². The topological polar surface area (TPSA) is 116 Å². The number of aromatic carboxylic acids is 1. The molecule has 0 aliphatic carbocycles. The molecular formula is C13H14N4O4. The van der Waals surface area contributed by atoms with Crippen molar-refractivity contribution in [1.29, 1.82) is 0 Å². The molecule has 0 atom stereocenters. The van der Waals surface area contributed by atoms with E-state index in [2.05, 4.69) is 15.7 Å². The maximum Gasteiger partial charge on any atom is 0.339 e. The number of urea groups is 1. The minimum Gasteiger partial charge on any atom is -0.505 e. The summed E-state index contributed by atoms with van der Waals surface area (Å²) in [4.78, 5) is 22.6. The number of hydrogen-bond donors (Lipinski definition) is 4. The molecule has 1 aromatic carbocycles. The molecule has 110 valence electrons. The lowest BCUT2D eigenvalue weighted by atomic mass is 10.2. The second-order valence-electron chi connectivity index (χ2n) is 4.26. The van der Waals surface area contributed by atoms with Crippen LogP contribution in [-0.2, 0) is 13.6 Å². The van der Waals surface area contributed by atoms with E-state index in [-0.39, 0.29) is 17.8 Å². The van der Waals surface area contributed by atoms with Crippen LogP contribution >= 0.6 is 0 Å². The van der Waals surface area contributed by atoms with Crippen molar-refractivity contribution in [3.05, 3.63) is 41.7 Å². The van der Waals surface area contributed by atoms with Gasteiger partial charge in [-0.25, -0.2) is 9.59 Å². The van der Waals surface area contributed by atoms with Gasteiger partial charge in [-0.2, -0.15) is 5.10 Å². The Morgan fingerprint density at radius 3 is 2.71 bits per heavy atom. The molecule has 2 aromatic rings. The summed E-state index contributed by atoms with van der Waals surface area (Å²) in [5, 5.41) is 27.6. The zero-order valence-corrected chi connectivity index (χ0v) is 11.2. The summed E-state index contributed by atoms with van der Waals surface area (Å²) in [6.45, 7) is 0.252. The average molecular weight is 290 g/mol. The van der Waals surface area contributed by atoms with Gasteiger partial charge in [-0.15, -0.1) is 0 Å². The Morgan fingerprint density at radius 2 is 2.10 bits per heavy atom. The van der Waals surface area contributed by atoms with E-state index in [4.69, 9.17) is 5.11 Å². The highest BCUT2D eigenvalue weighted by Crippen LogP contribution is 2.27. The lowest BCUT2D eigenvalue weighted by Gasteiger charge is -2.10. The number of para-hydroxylation sites is 1. The molecule has 0 bridgehead atoms. The van der Waals surface area contributed by atoms with Crippen molar-refractivity contribution in [1.82, 2.24) is 15.1 Å². The molecule has 0 saturated carbocycles. The minimum absolute atomic E-state index is 0.0254. The fourth-order valence-electron chi connectivity index (χ4n) is 1.73. The second-order valence-corrected chi connectivity index (χ2v) is 4.26. The third-order valence-corrected chi connectivity index (χ3v) is 2.87. The van der Waals surface area contributed by atoms with Crippen molar-refractivity contribution in [3.63, 3.8) is 0 Å². The van der Waals surface area contributed by atoms with E-state index in [0.29, 0.717) is 0 Å². The predicted molar refractivity (Wildman–Crippen MR) is 74.1 cm³/mol. The monoisotopic (exact) mass is 290 g/mol. The quantitative estimate of drug-likeness (QED) is 0.630. The first-order valence-corrected chi connectivity index (χ1v) is 6.06. The maximum atomic E-state index is 11.7. The van der Waals surface area contributed by atoms with Crippen LogP contribution in [0.15, 0.2) is 30.5 Å². The number of aromatic hydroxyl groups is 1. The predicted octanol–water partition coefficient (Wildman–Crippen LogP) is 1.15. The second kappa shape index (κ2) is 5.95. The van der Waals surface area contributed by atoms with Crippen LogP contribution in [0.25, 0.3) is 0 Å². The molecular weight excluding hydrogens is 276 g/mol. The lowest BCUT2D eigenvalue weighted by molar-refractivity contribution is 0.0693. The Balaban J connectivity index is 2.01. The van der Waals surface area contributed by atoms with Crippen LogP contribution in [0.5, 0.6) is 5.75 Å². The van der Waals surface area contributed by atoms with Gasteiger partial charge in [0.15, 0.2) is 5.75 Å². The number of carbonyl (C=O) groups excluding carboxylic acids is 1. The molecule has 2 amide bonds. The number of rotatable bonds is 4. The van der Waals surface area contributed by atoms with Gasteiger partial charge in [0, 0.05) is 13.2 Å². The Bertz CT molecular complexity index is 681. The van der Waals surface area contributed by atoms with Crippen LogP contribution < -0.4 is 10.6 Å². The molecule has 1 aromatic heterocycles. The van der Waals surface area contributed by atoms with Crippen molar-refractivity contribution in [2.24, 2.45) is 7.05 Å². The lowest BCUT2D eigenvalue weighted by Crippen LogP contribution is -2.29. The molecule has 0 fully saturated rings. The number of hydrogen-bond acceptors (Lipinski definition) is 4. The van der Waals surface area contributed by atoms with Gasteiger partial charge >= 0.3 is 12.0 Å². The Kier molecular flexibility index (Phi) is 4.07. The van der Waals surface area contributed by atoms with Gasteiger partial charge in [-0.1, -0.05) is 6.07 Å². The summed E-state index contributed by atoms with van der Waals surface area (Å²) in [5.41, 5.74) is 0.547. The number of benzene rings is 1. The molecule has 21 heavy (non-hydrogen) atoms. The van der Waals surface area contributed by atoms with E-state index in [1.807, 2.05) is 0 Å². The van der Waals surface area contributed by atoms with Gasteiger partial charge < -0.3 is 20.8 Å². The largest absolute Gasteiger partial charge is 0.505 e. The SMILES string of the molecule is Cn1nccc1CNC(=O)Nc1cccc(C(=O)O)c1O. The van der Waals surface area contributed by atoms with Crippen LogP contribution in [0.2, 0.25) is 0 Å². The molecule has 0 unspecified atom stereocenters. The van der Waals surface area contributed by atoms with E-state index in [0.717, 1.165) is 5.69 Å². The highest BCUT2D eigenvalue weighted by molar-refractivity contribution is 5.97. The number of aromatic nitrogens is 2. The Hall–Kier alpha value is -3.03. The highest BCUT2D eigenvalue weighted by Gasteiger charge is 2.14. The van der Waals surface area contributed by atoms with Gasteiger partial charge in [0.1, 0.15) is 5.56 Å². The fraction of sp³-hybridized carbons (Fsp3) is 0.154. The maximum absolute atomic E-state index is 11.7. The number of carboxylic acid groups (broad SMARTS) is 1. The molecule has 0 aliphatic heterocycles. The van der Waals surface area contributed by atoms with Gasteiger partial charge in [-0.3, -0.25) is 4.68 Å². The van der Waals surface area contributed by atoms with E-state index in [1.165, 1.54) is 18.2 Å². The van der Waals surface area contributed by atoms with Crippen molar-refractivity contribution >= 4 is 17.7 Å². The summed E-state index contributed by atoms with van der Waals surface area (Å²) >= 11 is 0. The van der Waals surface area contributed by atoms with Crippen molar-refractivity contribution in [2.75, 3.05) is 5.32 Å². The summed E-state index contributed by atoms with van der Waals surface area (Å²) in [7, 11) is 1.75. The zero-order valence-electron chi connectivity index (χ0n) is 11.2. The summed E-state index contributed by atoms with van der Waals surface area (Å²) in [5.74, 6) is -1.76. The van der Waals surface area contributed by atoms with Gasteiger partial charge in [-0.05, 0) is 18.2 Å². The van der Waals surface area contributed by atoms with Crippen molar-refractivity contribution in [3.8, 4) is 5.75 Å². The van der Waals surface area contributed by atoms with E-state index >= 15 is 0 Å². The Labute approximate surface area is 120 Å². The minimum atomic E-state index is -1.27. The van der Waals surface area contributed by atoms with Crippen molar-refractivity contribution < 1.29 is 19.8 Å². The fourth-order valence-corrected chi connectivity index (χ4v) is 1.73. The van der Waals surface area contributed by atoms with Crippen LogP contribution in [-0.4, -0.2) is 32.0 Å². The molecule has 8 heteroatoms.